The van der Waals surface area contributed by atoms with Crippen molar-refractivity contribution in [3.63, 3.8) is 0 Å². The Hall–Kier alpha value is -0.510. The Morgan fingerprint density at radius 2 is 1.69 bits per heavy atom. The van der Waals surface area contributed by atoms with Crippen LogP contribution in [0.1, 0.15) is 53.4 Å². The molecule has 1 fully saturated rings. The largest absolute Gasteiger partial charge is 0.198 e. The summed E-state index contributed by atoms with van der Waals surface area (Å²) in [6, 6.07) is 2.39. The first-order chi connectivity index (χ1) is 5.89. The lowest BCUT2D eigenvalue weighted by Gasteiger charge is -2.46. The van der Waals surface area contributed by atoms with Crippen molar-refractivity contribution in [1.82, 2.24) is 0 Å². The third kappa shape index (κ3) is 2.05. The van der Waals surface area contributed by atoms with E-state index in [1.807, 2.05) is 0 Å². The highest BCUT2D eigenvalue weighted by Crippen LogP contribution is 2.50. The van der Waals surface area contributed by atoms with E-state index in [-0.39, 0.29) is 0 Å². The normalized spacial score (nSPS) is 35.5. The van der Waals surface area contributed by atoms with Gasteiger partial charge in [-0.3, -0.25) is 0 Å². The van der Waals surface area contributed by atoms with Crippen molar-refractivity contribution in [3.05, 3.63) is 0 Å². The second-order valence-electron chi connectivity index (χ2n) is 5.71. The minimum Gasteiger partial charge on any atom is -0.198 e. The van der Waals surface area contributed by atoms with Gasteiger partial charge in [-0.25, -0.2) is 0 Å². The van der Waals surface area contributed by atoms with E-state index in [4.69, 9.17) is 5.26 Å². The van der Waals surface area contributed by atoms with Crippen LogP contribution in [0.2, 0.25) is 0 Å². The summed E-state index contributed by atoms with van der Waals surface area (Å²) < 4.78 is 0. The van der Waals surface area contributed by atoms with Gasteiger partial charge < -0.3 is 0 Å². The predicted octanol–water partition coefficient (Wildman–Crippen LogP) is 3.75. The zero-order valence-electron chi connectivity index (χ0n) is 9.35. The van der Waals surface area contributed by atoms with Crippen molar-refractivity contribution in [2.45, 2.75) is 53.4 Å². The van der Waals surface area contributed by atoms with E-state index in [1.165, 1.54) is 12.8 Å². The van der Waals surface area contributed by atoms with Gasteiger partial charge in [0.15, 0.2) is 0 Å². The molecule has 0 spiro atoms. The van der Waals surface area contributed by atoms with Crippen LogP contribution in [-0.4, -0.2) is 0 Å². The van der Waals surface area contributed by atoms with E-state index in [0.717, 1.165) is 12.8 Å². The molecule has 0 saturated heterocycles. The predicted molar refractivity (Wildman–Crippen MR) is 55.1 cm³/mol. The van der Waals surface area contributed by atoms with Gasteiger partial charge in [0.2, 0.25) is 0 Å². The van der Waals surface area contributed by atoms with Crippen molar-refractivity contribution in [3.8, 4) is 6.07 Å². The monoisotopic (exact) mass is 179 g/mol. The fraction of sp³-hybridized carbons (Fsp3) is 0.917. The molecule has 1 nitrogen and oxygen atoms in total. The van der Waals surface area contributed by atoms with Crippen molar-refractivity contribution < 1.29 is 0 Å². The van der Waals surface area contributed by atoms with Gasteiger partial charge in [0.1, 0.15) is 0 Å². The molecular weight excluding hydrogens is 158 g/mol. The summed E-state index contributed by atoms with van der Waals surface area (Å²) in [4.78, 5) is 0. The quantitative estimate of drug-likeness (QED) is 0.555. The van der Waals surface area contributed by atoms with Crippen LogP contribution in [0.25, 0.3) is 0 Å². The minimum atomic E-state index is 0.329. The van der Waals surface area contributed by atoms with Gasteiger partial charge in [-0.1, -0.05) is 27.7 Å². The zero-order valence-corrected chi connectivity index (χ0v) is 9.35. The molecule has 1 saturated carbocycles. The molecule has 0 bridgehead atoms. The molecular formula is C12H21N. The summed E-state index contributed by atoms with van der Waals surface area (Å²) in [7, 11) is 0. The van der Waals surface area contributed by atoms with Gasteiger partial charge in [-0.05, 0) is 36.5 Å². The summed E-state index contributed by atoms with van der Waals surface area (Å²) in [6.07, 6.45) is 4.64. The average Bonchev–Trinajstić information content (AvgIpc) is 2.04. The van der Waals surface area contributed by atoms with Crippen LogP contribution in [0.3, 0.4) is 0 Å². The molecule has 0 amide bonds. The highest BCUT2D eigenvalue weighted by Gasteiger charge is 2.40. The van der Waals surface area contributed by atoms with Crippen molar-refractivity contribution in [2.75, 3.05) is 0 Å². The molecule has 0 radical (unpaired) electrons. The lowest BCUT2D eigenvalue weighted by atomic mass is 9.59. The fourth-order valence-electron chi connectivity index (χ4n) is 2.13. The minimum absolute atomic E-state index is 0.329. The van der Waals surface area contributed by atoms with Crippen LogP contribution in [0.5, 0.6) is 0 Å². The van der Waals surface area contributed by atoms with Crippen LogP contribution in [0, 0.1) is 28.1 Å². The van der Waals surface area contributed by atoms with E-state index in [1.54, 1.807) is 0 Å². The van der Waals surface area contributed by atoms with Gasteiger partial charge in [0.05, 0.1) is 6.07 Å². The van der Waals surface area contributed by atoms with Gasteiger partial charge in [0, 0.05) is 5.92 Å². The van der Waals surface area contributed by atoms with Crippen molar-refractivity contribution in [1.29, 1.82) is 5.26 Å². The van der Waals surface area contributed by atoms with E-state index in [0.29, 0.717) is 16.7 Å². The Balaban J connectivity index is 2.63. The number of nitriles is 1. The smallest absolute Gasteiger partial charge is 0.0655 e. The summed E-state index contributed by atoms with van der Waals surface area (Å²) in [6.45, 7) is 9.33. The first-order valence-electron chi connectivity index (χ1n) is 5.29. The van der Waals surface area contributed by atoms with Crippen LogP contribution >= 0.6 is 0 Å². The number of hydrogen-bond donors (Lipinski definition) is 0. The van der Waals surface area contributed by atoms with Gasteiger partial charge in [0.25, 0.3) is 0 Å². The highest BCUT2D eigenvalue weighted by atomic mass is 14.5. The molecule has 0 aromatic carbocycles. The molecule has 0 heterocycles. The molecule has 0 N–H and O–H groups in total. The maximum absolute atomic E-state index is 8.81. The van der Waals surface area contributed by atoms with E-state index >= 15 is 0 Å². The second kappa shape index (κ2) is 3.33. The van der Waals surface area contributed by atoms with E-state index in [9.17, 15) is 0 Å². The Kier molecular flexibility index (Phi) is 2.71. The standard InChI is InChI=1S/C12H21N/c1-11(2,3)12(4)7-5-10(9-13)6-8-12/h10H,5-8H2,1-4H3. The lowest BCUT2D eigenvalue weighted by Crippen LogP contribution is -2.36. The molecule has 0 atom stereocenters. The van der Waals surface area contributed by atoms with Crippen LogP contribution in [0.15, 0.2) is 0 Å². The summed E-state index contributed by atoms with van der Waals surface area (Å²) >= 11 is 0. The Labute approximate surface area is 82.1 Å². The number of rotatable bonds is 0. The maximum atomic E-state index is 8.81. The molecule has 1 rings (SSSR count). The average molecular weight is 179 g/mol. The Bertz CT molecular complexity index is 208. The zero-order chi connectivity index (χ0) is 10.1. The maximum Gasteiger partial charge on any atom is 0.0655 e. The van der Waals surface area contributed by atoms with Gasteiger partial charge in [-0.15, -0.1) is 0 Å². The van der Waals surface area contributed by atoms with E-state index < -0.39 is 0 Å². The third-order valence-electron chi connectivity index (χ3n) is 4.08. The molecule has 1 aliphatic rings. The van der Waals surface area contributed by atoms with Crippen LogP contribution in [0.4, 0.5) is 0 Å². The molecule has 74 valence electrons. The van der Waals surface area contributed by atoms with Crippen LogP contribution < -0.4 is 0 Å². The topological polar surface area (TPSA) is 23.8 Å². The first kappa shape index (κ1) is 10.6. The fourth-order valence-corrected chi connectivity index (χ4v) is 2.13. The van der Waals surface area contributed by atoms with Gasteiger partial charge >= 0.3 is 0 Å². The second-order valence-corrected chi connectivity index (χ2v) is 5.71. The molecule has 0 aromatic rings. The molecule has 1 heteroatoms. The highest BCUT2D eigenvalue weighted by molar-refractivity contribution is 4.95. The Morgan fingerprint density at radius 3 is 2.00 bits per heavy atom. The van der Waals surface area contributed by atoms with Crippen LogP contribution in [-0.2, 0) is 0 Å². The number of nitrogens with zero attached hydrogens (tertiary/aromatic N) is 1. The van der Waals surface area contributed by atoms with Gasteiger partial charge in [-0.2, -0.15) is 5.26 Å². The molecule has 13 heavy (non-hydrogen) atoms. The molecule has 0 aliphatic heterocycles. The summed E-state index contributed by atoms with van der Waals surface area (Å²) in [5.74, 6) is 0.329. The third-order valence-corrected chi connectivity index (χ3v) is 4.08. The Morgan fingerprint density at radius 1 is 1.23 bits per heavy atom. The van der Waals surface area contributed by atoms with E-state index in [2.05, 4.69) is 33.8 Å². The molecule has 1 aliphatic carbocycles. The first-order valence-corrected chi connectivity index (χ1v) is 5.29. The summed E-state index contributed by atoms with van der Waals surface area (Å²) in [5.41, 5.74) is 0.827. The molecule has 0 aromatic heterocycles. The van der Waals surface area contributed by atoms with Crippen molar-refractivity contribution in [2.24, 2.45) is 16.7 Å². The summed E-state index contributed by atoms with van der Waals surface area (Å²) in [5, 5.41) is 8.81. The SMILES string of the molecule is CC(C)(C)C1(C)CCC(C#N)CC1. The van der Waals surface area contributed by atoms with Crippen molar-refractivity contribution >= 4 is 0 Å². The molecule has 0 unspecified atom stereocenters. The lowest BCUT2D eigenvalue weighted by molar-refractivity contribution is 0.0499. The number of hydrogen-bond acceptors (Lipinski definition) is 1.